The van der Waals surface area contributed by atoms with Crippen molar-refractivity contribution in [3.05, 3.63) is 17.6 Å². The Labute approximate surface area is 112 Å². The first-order valence-corrected chi connectivity index (χ1v) is 7.77. The molecule has 1 fully saturated rings. The summed E-state index contributed by atoms with van der Waals surface area (Å²) in [6.45, 7) is 1.44. The monoisotopic (exact) mass is 287 g/mol. The first-order chi connectivity index (χ1) is 8.88. The summed E-state index contributed by atoms with van der Waals surface area (Å²) < 4.78 is 32.9. The Hall–Kier alpha value is -1.34. The van der Waals surface area contributed by atoms with E-state index in [1.54, 1.807) is 0 Å². The molecule has 1 saturated carbocycles. The highest BCUT2D eigenvalue weighted by atomic mass is 32.2. The summed E-state index contributed by atoms with van der Waals surface area (Å²) in [5, 5.41) is 5.02. The van der Waals surface area contributed by atoms with Crippen molar-refractivity contribution in [2.45, 2.75) is 50.0 Å². The molecule has 6 nitrogen and oxygen atoms in total. The van der Waals surface area contributed by atoms with Gasteiger partial charge in [-0.05, 0) is 32.6 Å². The van der Waals surface area contributed by atoms with Gasteiger partial charge in [0.2, 0.25) is 15.8 Å². The molecule has 0 atom stereocenters. The normalized spacial score (nSPS) is 17.4. The van der Waals surface area contributed by atoms with Crippen LogP contribution >= 0.6 is 0 Å². The molecule has 1 aromatic rings. The predicted molar refractivity (Wildman–Crippen MR) is 67.1 cm³/mol. The lowest BCUT2D eigenvalue weighted by molar-refractivity contribution is 0.0176. The number of nitrogens with two attached hydrogens (primary N) is 1. The van der Waals surface area contributed by atoms with E-state index in [4.69, 9.17) is 14.3 Å². The number of ether oxygens (including phenoxy) is 1. The second kappa shape index (κ2) is 5.34. The molecule has 0 aliphatic heterocycles. The zero-order valence-corrected chi connectivity index (χ0v) is 11.5. The van der Waals surface area contributed by atoms with Crippen LogP contribution in [0.15, 0.2) is 15.4 Å². The van der Waals surface area contributed by atoms with Crippen LogP contribution in [0.25, 0.3) is 0 Å². The fraction of sp³-hybridized carbons (Fsp3) is 0.583. The zero-order valence-electron chi connectivity index (χ0n) is 10.7. The van der Waals surface area contributed by atoms with Crippen LogP contribution in [-0.2, 0) is 14.8 Å². The third kappa shape index (κ3) is 3.36. The fourth-order valence-corrected chi connectivity index (χ4v) is 2.95. The van der Waals surface area contributed by atoms with Crippen LogP contribution in [0.4, 0.5) is 0 Å². The number of carbonyl (C=O) groups is 1. The number of aryl methyl sites for hydroxylation is 1. The van der Waals surface area contributed by atoms with Crippen molar-refractivity contribution in [2.24, 2.45) is 5.14 Å². The van der Waals surface area contributed by atoms with Crippen molar-refractivity contribution in [1.82, 2.24) is 0 Å². The molecule has 19 heavy (non-hydrogen) atoms. The summed E-state index contributed by atoms with van der Waals surface area (Å²) in [6, 6.07) is 1.12. The van der Waals surface area contributed by atoms with E-state index in [0.717, 1.165) is 38.2 Å². The van der Waals surface area contributed by atoms with E-state index in [9.17, 15) is 13.2 Å². The molecule has 0 radical (unpaired) electrons. The zero-order chi connectivity index (χ0) is 14.0. The largest absolute Gasteiger partial charge is 0.457 e. The summed E-state index contributed by atoms with van der Waals surface area (Å²) in [5.41, 5.74) is 0. The second-order valence-electron chi connectivity index (χ2n) is 4.74. The summed E-state index contributed by atoms with van der Waals surface area (Å²) >= 11 is 0. The second-order valence-corrected chi connectivity index (χ2v) is 6.27. The van der Waals surface area contributed by atoms with Crippen LogP contribution in [0.3, 0.4) is 0 Å². The first kappa shape index (κ1) is 14.1. The molecule has 0 bridgehead atoms. The summed E-state index contributed by atoms with van der Waals surface area (Å²) in [6.07, 6.45) is 4.81. The van der Waals surface area contributed by atoms with Gasteiger partial charge < -0.3 is 9.15 Å². The number of hydrogen-bond acceptors (Lipinski definition) is 5. The Balaban J connectivity index is 2.11. The van der Waals surface area contributed by atoms with Crippen LogP contribution < -0.4 is 5.14 Å². The molecular weight excluding hydrogens is 270 g/mol. The minimum atomic E-state index is -3.88. The molecule has 1 aliphatic carbocycles. The number of rotatable bonds is 3. The number of esters is 1. The van der Waals surface area contributed by atoms with Crippen molar-refractivity contribution in [2.75, 3.05) is 0 Å². The highest BCUT2D eigenvalue weighted by molar-refractivity contribution is 7.89. The average Bonchev–Trinajstić information content (AvgIpc) is 2.72. The van der Waals surface area contributed by atoms with E-state index in [2.05, 4.69) is 0 Å². The molecule has 1 aromatic heterocycles. The van der Waals surface area contributed by atoms with Gasteiger partial charge in [0.15, 0.2) is 0 Å². The number of primary sulfonamides is 1. The summed E-state index contributed by atoms with van der Waals surface area (Å²) in [7, 11) is -3.88. The van der Waals surface area contributed by atoms with Gasteiger partial charge in [0, 0.05) is 6.07 Å². The van der Waals surface area contributed by atoms with Crippen LogP contribution in [0, 0.1) is 6.92 Å². The van der Waals surface area contributed by atoms with E-state index in [-0.39, 0.29) is 22.5 Å². The third-order valence-electron chi connectivity index (χ3n) is 3.21. The molecule has 0 amide bonds. The lowest BCUT2D eigenvalue weighted by Crippen LogP contribution is -2.20. The van der Waals surface area contributed by atoms with Gasteiger partial charge in [-0.1, -0.05) is 6.42 Å². The van der Waals surface area contributed by atoms with Gasteiger partial charge in [-0.2, -0.15) is 0 Å². The minimum absolute atomic E-state index is 0.0955. The van der Waals surface area contributed by atoms with Crippen molar-refractivity contribution >= 4 is 16.0 Å². The van der Waals surface area contributed by atoms with Gasteiger partial charge in [0.25, 0.3) is 0 Å². The highest BCUT2D eigenvalue weighted by Gasteiger charge is 2.24. The average molecular weight is 287 g/mol. The topological polar surface area (TPSA) is 99.6 Å². The lowest BCUT2D eigenvalue weighted by Gasteiger charge is -2.21. The Bertz CT molecular complexity index is 569. The molecule has 1 aliphatic rings. The molecule has 2 rings (SSSR count). The molecule has 106 valence electrons. The number of furan rings is 1. The van der Waals surface area contributed by atoms with Crippen LogP contribution in [-0.4, -0.2) is 20.5 Å². The van der Waals surface area contributed by atoms with Crippen molar-refractivity contribution in [3.8, 4) is 0 Å². The van der Waals surface area contributed by atoms with Crippen molar-refractivity contribution in [3.63, 3.8) is 0 Å². The lowest BCUT2D eigenvalue weighted by atomic mass is 9.98. The Morgan fingerprint density at radius 1 is 1.37 bits per heavy atom. The van der Waals surface area contributed by atoms with E-state index in [1.165, 1.54) is 6.92 Å². The Morgan fingerprint density at radius 3 is 2.53 bits per heavy atom. The van der Waals surface area contributed by atoms with Crippen molar-refractivity contribution in [1.29, 1.82) is 0 Å². The highest BCUT2D eigenvalue weighted by Crippen LogP contribution is 2.23. The maximum absolute atomic E-state index is 11.9. The van der Waals surface area contributed by atoms with Crippen molar-refractivity contribution < 1.29 is 22.4 Å². The fourth-order valence-electron chi connectivity index (χ4n) is 2.24. The molecule has 7 heteroatoms. The van der Waals surface area contributed by atoms with E-state index in [1.807, 2.05) is 0 Å². The van der Waals surface area contributed by atoms with Gasteiger partial charge in [-0.25, -0.2) is 18.4 Å². The van der Waals surface area contributed by atoms with E-state index < -0.39 is 16.0 Å². The maximum atomic E-state index is 11.9. The van der Waals surface area contributed by atoms with Gasteiger partial charge in [0.1, 0.15) is 16.8 Å². The quantitative estimate of drug-likeness (QED) is 0.853. The summed E-state index contributed by atoms with van der Waals surface area (Å²) in [4.78, 5) is 11.7. The van der Waals surface area contributed by atoms with E-state index >= 15 is 0 Å². The number of hydrogen-bond donors (Lipinski definition) is 1. The van der Waals surface area contributed by atoms with Gasteiger partial charge in [-0.3, -0.25) is 0 Å². The van der Waals surface area contributed by atoms with Crippen LogP contribution in [0.1, 0.15) is 48.4 Å². The third-order valence-corrected chi connectivity index (χ3v) is 4.22. The van der Waals surface area contributed by atoms with E-state index in [0.29, 0.717) is 0 Å². The molecule has 1 heterocycles. The first-order valence-electron chi connectivity index (χ1n) is 6.22. The van der Waals surface area contributed by atoms with Gasteiger partial charge >= 0.3 is 5.97 Å². The number of sulfonamides is 1. The molecule has 0 saturated heterocycles. The predicted octanol–water partition coefficient (Wildman–Crippen LogP) is 1.72. The molecule has 0 spiro atoms. The standard InChI is InChI=1S/C12H17NO5S/c1-8-11(19(13,15)16)7-10(17-8)12(14)18-9-5-3-2-4-6-9/h7,9H,2-6H2,1H3,(H2,13,15,16). The smallest absolute Gasteiger partial charge is 0.374 e. The Kier molecular flexibility index (Phi) is 3.96. The Morgan fingerprint density at radius 2 is 2.00 bits per heavy atom. The van der Waals surface area contributed by atoms with Crippen LogP contribution in [0.5, 0.6) is 0 Å². The molecule has 0 aromatic carbocycles. The molecule has 0 unspecified atom stereocenters. The van der Waals surface area contributed by atoms with Gasteiger partial charge in [-0.15, -0.1) is 0 Å². The summed E-state index contributed by atoms with van der Waals surface area (Å²) in [5.74, 6) is -0.657. The molecular formula is C12H17NO5S. The van der Waals surface area contributed by atoms with Gasteiger partial charge in [0.05, 0.1) is 0 Å². The number of carbonyl (C=O) groups excluding carboxylic acids is 1. The minimum Gasteiger partial charge on any atom is -0.457 e. The SMILES string of the molecule is Cc1oc(C(=O)OC2CCCCC2)cc1S(N)(=O)=O. The maximum Gasteiger partial charge on any atom is 0.374 e. The molecule has 2 N–H and O–H groups in total. The van der Waals surface area contributed by atoms with Crippen LogP contribution in [0.2, 0.25) is 0 Å².